The van der Waals surface area contributed by atoms with Crippen LogP contribution in [0.3, 0.4) is 0 Å². The summed E-state index contributed by atoms with van der Waals surface area (Å²) in [6.07, 6.45) is 8.40. The Kier molecular flexibility index (Phi) is 5.23. The Morgan fingerprint density at radius 2 is 1.81 bits per heavy atom. The molecule has 1 N–H and O–H groups in total. The molecule has 0 spiro atoms. The predicted molar refractivity (Wildman–Crippen MR) is 89.6 cm³/mol. The lowest BCUT2D eigenvalue weighted by atomic mass is 9.95. The van der Waals surface area contributed by atoms with E-state index in [1.807, 2.05) is 0 Å². The highest BCUT2D eigenvalue weighted by Crippen LogP contribution is 2.37. The van der Waals surface area contributed by atoms with Gasteiger partial charge in [0.1, 0.15) is 0 Å². The molecule has 3 aliphatic heterocycles. The number of nitrogens with one attached hydrogen (secondary N) is 1. The summed E-state index contributed by atoms with van der Waals surface area (Å²) in [5.41, 5.74) is 0. The number of piperidine rings is 1. The van der Waals surface area contributed by atoms with Gasteiger partial charge in [-0.1, -0.05) is 6.92 Å². The lowest BCUT2D eigenvalue weighted by molar-refractivity contribution is 0.0974. The summed E-state index contributed by atoms with van der Waals surface area (Å²) < 4.78 is 0. The average Bonchev–Trinajstić information content (AvgIpc) is 3.01. The molecule has 3 fully saturated rings. The second kappa shape index (κ2) is 6.97. The molecule has 122 valence electrons. The van der Waals surface area contributed by atoms with E-state index in [1.54, 1.807) is 0 Å². The zero-order valence-corrected chi connectivity index (χ0v) is 14.4. The summed E-state index contributed by atoms with van der Waals surface area (Å²) in [7, 11) is 0. The summed E-state index contributed by atoms with van der Waals surface area (Å²) in [6, 6.07) is 3.29. The number of hydrogen-bond acceptors (Lipinski definition) is 3. The van der Waals surface area contributed by atoms with Crippen LogP contribution in [-0.2, 0) is 0 Å². The molecular formula is C18H35N3. The molecule has 3 saturated heterocycles. The fourth-order valence-electron chi connectivity index (χ4n) is 4.87. The summed E-state index contributed by atoms with van der Waals surface area (Å²) >= 11 is 0. The molecule has 0 amide bonds. The van der Waals surface area contributed by atoms with Gasteiger partial charge in [0.15, 0.2) is 0 Å². The fraction of sp³-hybridized carbons (Fsp3) is 1.00. The molecule has 0 saturated carbocycles. The molecule has 3 heterocycles. The first-order chi connectivity index (χ1) is 10.2. The van der Waals surface area contributed by atoms with Crippen molar-refractivity contribution < 1.29 is 0 Å². The first-order valence-corrected chi connectivity index (χ1v) is 9.40. The predicted octanol–water partition coefficient (Wildman–Crippen LogP) is 2.71. The van der Waals surface area contributed by atoms with Crippen LogP contribution < -0.4 is 5.32 Å². The van der Waals surface area contributed by atoms with Crippen LogP contribution in [-0.4, -0.2) is 60.1 Å². The Labute approximate surface area is 131 Å². The van der Waals surface area contributed by atoms with E-state index in [0.717, 1.165) is 30.1 Å². The quantitative estimate of drug-likeness (QED) is 0.812. The third-order valence-electron chi connectivity index (χ3n) is 6.08. The minimum atomic E-state index is 0.732. The van der Waals surface area contributed by atoms with E-state index < -0.39 is 0 Å². The molecule has 0 radical (unpaired) electrons. The van der Waals surface area contributed by atoms with Crippen LogP contribution in [0.25, 0.3) is 0 Å². The Hall–Kier alpha value is -0.120. The largest absolute Gasteiger partial charge is 0.314 e. The van der Waals surface area contributed by atoms with Gasteiger partial charge in [-0.05, 0) is 71.4 Å². The zero-order chi connectivity index (χ0) is 14.8. The molecule has 0 aromatic rings. The molecule has 0 aromatic heterocycles. The van der Waals surface area contributed by atoms with Crippen LogP contribution in [0.5, 0.6) is 0 Å². The molecule has 3 rings (SSSR count). The third kappa shape index (κ3) is 3.62. The first kappa shape index (κ1) is 15.8. The Morgan fingerprint density at radius 1 is 1.10 bits per heavy atom. The highest BCUT2D eigenvalue weighted by atomic mass is 15.2. The SMILES string of the molecule is CCCNC1CC2CCC(C1)N2CC1CCN(C(C)C)C1. The number of fused-ring (bicyclic) bond motifs is 2. The van der Waals surface area contributed by atoms with Crippen LogP contribution in [0.1, 0.15) is 59.3 Å². The smallest absolute Gasteiger partial charge is 0.0114 e. The van der Waals surface area contributed by atoms with E-state index in [9.17, 15) is 0 Å². The van der Waals surface area contributed by atoms with E-state index in [2.05, 4.69) is 35.9 Å². The fourth-order valence-corrected chi connectivity index (χ4v) is 4.87. The van der Waals surface area contributed by atoms with Crippen molar-refractivity contribution in [1.82, 2.24) is 15.1 Å². The maximum Gasteiger partial charge on any atom is 0.0114 e. The van der Waals surface area contributed by atoms with E-state index in [0.29, 0.717) is 0 Å². The maximum absolute atomic E-state index is 3.77. The van der Waals surface area contributed by atoms with Crippen molar-refractivity contribution in [2.75, 3.05) is 26.2 Å². The lowest BCUT2D eigenvalue weighted by Crippen LogP contribution is -2.50. The van der Waals surface area contributed by atoms with Crippen LogP contribution in [0.4, 0.5) is 0 Å². The van der Waals surface area contributed by atoms with E-state index in [1.165, 1.54) is 64.7 Å². The molecule has 21 heavy (non-hydrogen) atoms. The highest BCUT2D eigenvalue weighted by molar-refractivity contribution is 4.98. The molecule has 3 heteroatoms. The summed E-state index contributed by atoms with van der Waals surface area (Å²) in [5, 5.41) is 3.77. The van der Waals surface area contributed by atoms with Gasteiger partial charge in [0.25, 0.3) is 0 Å². The van der Waals surface area contributed by atoms with Gasteiger partial charge in [-0.15, -0.1) is 0 Å². The second-order valence-corrected chi connectivity index (χ2v) is 7.95. The topological polar surface area (TPSA) is 18.5 Å². The number of rotatable bonds is 6. The molecule has 2 bridgehead atoms. The van der Waals surface area contributed by atoms with Crippen molar-refractivity contribution in [3.8, 4) is 0 Å². The summed E-state index contributed by atoms with van der Waals surface area (Å²) in [6.45, 7) is 12.2. The van der Waals surface area contributed by atoms with Crippen LogP contribution in [0.2, 0.25) is 0 Å². The van der Waals surface area contributed by atoms with Crippen molar-refractivity contribution in [2.24, 2.45) is 5.92 Å². The van der Waals surface area contributed by atoms with E-state index in [-0.39, 0.29) is 0 Å². The normalized spacial score (nSPS) is 37.7. The minimum Gasteiger partial charge on any atom is -0.314 e. The van der Waals surface area contributed by atoms with Gasteiger partial charge in [-0.2, -0.15) is 0 Å². The highest BCUT2D eigenvalue weighted by Gasteiger charge is 2.41. The van der Waals surface area contributed by atoms with Crippen molar-refractivity contribution in [3.05, 3.63) is 0 Å². The first-order valence-electron chi connectivity index (χ1n) is 9.40. The van der Waals surface area contributed by atoms with Crippen molar-refractivity contribution >= 4 is 0 Å². The van der Waals surface area contributed by atoms with Crippen LogP contribution >= 0.6 is 0 Å². The molecule has 0 aliphatic carbocycles. The number of nitrogens with zero attached hydrogens (tertiary/aromatic N) is 2. The van der Waals surface area contributed by atoms with Gasteiger partial charge in [0.2, 0.25) is 0 Å². The Morgan fingerprint density at radius 3 is 2.38 bits per heavy atom. The van der Waals surface area contributed by atoms with Crippen LogP contribution in [0.15, 0.2) is 0 Å². The van der Waals surface area contributed by atoms with Gasteiger partial charge in [0.05, 0.1) is 0 Å². The van der Waals surface area contributed by atoms with Gasteiger partial charge in [-0.3, -0.25) is 4.90 Å². The molecule has 3 atom stereocenters. The van der Waals surface area contributed by atoms with Gasteiger partial charge in [0, 0.05) is 37.3 Å². The molecule has 0 aromatic carbocycles. The standard InChI is InChI=1S/C18H35N3/c1-4-8-19-16-10-17-5-6-18(11-16)21(17)13-15-7-9-20(12-15)14(2)3/h14-19H,4-13H2,1-3H3. The van der Waals surface area contributed by atoms with Crippen molar-refractivity contribution in [3.63, 3.8) is 0 Å². The third-order valence-corrected chi connectivity index (χ3v) is 6.08. The van der Waals surface area contributed by atoms with Gasteiger partial charge >= 0.3 is 0 Å². The van der Waals surface area contributed by atoms with E-state index in [4.69, 9.17) is 0 Å². The minimum absolute atomic E-state index is 0.732. The second-order valence-electron chi connectivity index (χ2n) is 7.95. The molecule has 3 aliphatic rings. The van der Waals surface area contributed by atoms with E-state index >= 15 is 0 Å². The summed E-state index contributed by atoms with van der Waals surface area (Å²) in [4.78, 5) is 5.57. The van der Waals surface area contributed by atoms with Gasteiger partial charge < -0.3 is 10.2 Å². The Balaban J connectivity index is 1.49. The molecule has 3 unspecified atom stereocenters. The Bertz CT molecular complexity index is 316. The molecule has 3 nitrogen and oxygen atoms in total. The zero-order valence-electron chi connectivity index (χ0n) is 14.4. The molecular weight excluding hydrogens is 258 g/mol. The monoisotopic (exact) mass is 293 g/mol. The maximum atomic E-state index is 3.77. The average molecular weight is 293 g/mol. The van der Waals surface area contributed by atoms with Crippen molar-refractivity contribution in [1.29, 1.82) is 0 Å². The number of likely N-dealkylation sites (tertiary alicyclic amines) is 1. The van der Waals surface area contributed by atoms with Crippen molar-refractivity contribution in [2.45, 2.75) is 83.5 Å². The van der Waals surface area contributed by atoms with Gasteiger partial charge in [-0.25, -0.2) is 0 Å². The number of hydrogen-bond donors (Lipinski definition) is 1. The summed E-state index contributed by atoms with van der Waals surface area (Å²) in [5.74, 6) is 0.927. The lowest BCUT2D eigenvalue weighted by Gasteiger charge is -2.40. The van der Waals surface area contributed by atoms with Crippen LogP contribution in [0, 0.1) is 5.92 Å².